The highest BCUT2D eigenvalue weighted by Gasteiger charge is 2.23. The van der Waals surface area contributed by atoms with Crippen LogP contribution in [0.5, 0.6) is 5.75 Å². The smallest absolute Gasteiger partial charge is 0.314 e. The third-order valence-corrected chi connectivity index (χ3v) is 3.56. The molecule has 0 amide bonds. The first-order valence-electron chi connectivity index (χ1n) is 6.96. The van der Waals surface area contributed by atoms with Crippen molar-refractivity contribution in [3.8, 4) is 5.75 Å². The van der Waals surface area contributed by atoms with Gasteiger partial charge in [0.05, 0.1) is 5.92 Å². The summed E-state index contributed by atoms with van der Waals surface area (Å²) >= 11 is 0. The lowest BCUT2D eigenvalue weighted by atomic mass is 9.89. The van der Waals surface area contributed by atoms with Gasteiger partial charge in [0.15, 0.2) is 0 Å². The SMILES string of the molecule is CC(=O)Cc1ccccc1OC(=O)C1CCCCC1. The molecule has 0 heterocycles. The first-order valence-corrected chi connectivity index (χ1v) is 6.96. The molecule has 0 saturated heterocycles. The number of hydrogen-bond acceptors (Lipinski definition) is 3. The molecule has 1 fully saturated rings. The van der Waals surface area contributed by atoms with Gasteiger partial charge in [-0.25, -0.2) is 0 Å². The summed E-state index contributed by atoms with van der Waals surface area (Å²) in [6, 6.07) is 7.28. The molecule has 0 unspecified atom stereocenters. The summed E-state index contributed by atoms with van der Waals surface area (Å²) in [4.78, 5) is 23.3. The van der Waals surface area contributed by atoms with Crippen LogP contribution in [-0.4, -0.2) is 11.8 Å². The zero-order chi connectivity index (χ0) is 13.7. The molecule has 19 heavy (non-hydrogen) atoms. The van der Waals surface area contributed by atoms with Crippen molar-refractivity contribution in [1.82, 2.24) is 0 Å². The zero-order valence-corrected chi connectivity index (χ0v) is 11.4. The number of ketones is 1. The van der Waals surface area contributed by atoms with Crippen LogP contribution in [-0.2, 0) is 16.0 Å². The minimum absolute atomic E-state index is 0.0270. The minimum Gasteiger partial charge on any atom is -0.426 e. The standard InChI is InChI=1S/C16H20O3/c1-12(17)11-14-9-5-6-10-15(14)19-16(18)13-7-3-2-4-8-13/h5-6,9-10,13H,2-4,7-8,11H2,1H3. The van der Waals surface area contributed by atoms with Crippen LogP contribution >= 0.6 is 0 Å². The Hall–Kier alpha value is -1.64. The molecule has 2 rings (SSSR count). The summed E-state index contributed by atoms with van der Waals surface area (Å²) in [5, 5.41) is 0. The van der Waals surface area contributed by atoms with Gasteiger partial charge in [-0.1, -0.05) is 37.5 Å². The monoisotopic (exact) mass is 260 g/mol. The molecule has 0 bridgehead atoms. The van der Waals surface area contributed by atoms with E-state index >= 15 is 0 Å². The number of ether oxygens (including phenoxy) is 1. The van der Waals surface area contributed by atoms with Gasteiger partial charge < -0.3 is 4.74 Å². The van der Waals surface area contributed by atoms with Crippen molar-refractivity contribution in [3.63, 3.8) is 0 Å². The van der Waals surface area contributed by atoms with Crippen LogP contribution in [0.1, 0.15) is 44.6 Å². The van der Waals surface area contributed by atoms with Crippen molar-refractivity contribution in [1.29, 1.82) is 0 Å². The van der Waals surface area contributed by atoms with Crippen LogP contribution in [0.15, 0.2) is 24.3 Å². The second-order valence-electron chi connectivity index (χ2n) is 5.24. The van der Waals surface area contributed by atoms with Gasteiger partial charge in [-0.2, -0.15) is 0 Å². The van der Waals surface area contributed by atoms with E-state index < -0.39 is 0 Å². The Bertz CT molecular complexity index is 459. The maximum absolute atomic E-state index is 12.1. The second kappa shape index (κ2) is 6.50. The first kappa shape index (κ1) is 13.8. The molecule has 3 heteroatoms. The Morgan fingerprint density at radius 2 is 1.84 bits per heavy atom. The van der Waals surface area contributed by atoms with E-state index in [9.17, 15) is 9.59 Å². The third kappa shape index (κ3) is 3.91. The Balaban J connectivity index is 2.05. The maximum Gasteiger partial charge on any atom is 0.314 e. The fourth-order valence-electron chi connectivity index (χ4n) is 2.55. The summed E-state index contributed by atoms with van der Waals surface area (Å²) in [6.07, 6.45) is 5.59. The number of para-hydroxylation sites is 1. The van der Waals surface area contributed by atoms with Crippen molar-refractivity contribution >= 4 is 11.8 Å². The number of esters is 1. The molecule has 0 aliphatic heterocycles. The Kier molecular flexibility index (Phi) is 4.72. The topological polar surface area (TPSA) is 43.4 Å². The molecular formula is C16H20O3. The van der Waals surface area contributed by atoms with E-state index in [1.54, 1.807) is 13.0 Å². The lowest BCUT2D eigenvalue weighted by molar-refractivity contribution is -0.140. The number of Topliss-reactive ketones (excluding diaryl/α,β-unsaturated/α-hetero) is 1. The highest BCUT2D eigenvalue weighted by atomic mass is 16.5. The minimum atomic E-state index is -0.143. The molecule has 102 valence electrons. The van der Waals surface area contributed by atoms with Crippen LogP contribution in [0.2, 0.25) is 0 Å². The van der Waals surface area contributed by atoms with E-state index in [-0.39, 0.29) is 17.7 Å². The predicted molar refractivity (Wildman–Crippen MR) is 73.0 cm³/mol. The average Bonchev–Trinajstić information content (AvgIpc) is 2.41. The van der Waals surface area contributed by atoms with Gasteiger partial charge in [0, 0.05) is 12.0 Å². The molecule has 0 aromatic heterocycles. The van der Waals surface area contributed by atoms with Crippen LogP contribution in [0.3, 0.4) is 0 Å². The van der Waals surface area contributed by atoms with E-state index in [1.165, 1.54) is 6.42 Å². The normalized spacial score (nSPS) is 16.1. The molecular weight excluding hydrogens is 240 g/mol. The molecule has 1 saturated carbocycles. The molecule has 1 aliphatic rings. The second-order valence-corrected chi connectivity index (χ2v) is 5.24. The van der Waals surface area contributed by atoms with Crippen LogP contribution < -0.4 is 4.74 Å². The maximum atomic E-state index is 12.1. The summed E-state index contributed by atoms with van der Waals surface area (Å²) in [5.74, 6) is 0.490. The fourth-order valence-corrected chi connectivity index (χ4v) is 2.55. The molecule has 0 radical (unpaired) electrons. The number of hydrogen-bond donors (Lipinski definition) is 0. The largest absolute Gasteiger partial charge is 0.426 e. The highest BCUT2D eigenvalue weighted by Crippen LogP contribution is 2.27. The summed E-state index contributed by atoms with van der Waals surface area (Å²) in [7, 11) is 0. The van der Waals surface area contributed by atoms with Gasteiger partial charge in [-0.15, -0.1) is 0 Å². The number of carbonyl (C=O) groups is 2. The first-order chi connectivity index (χ1) is 9.16. The number of carbonyl (C=O) groups excluding carboxylic acids is 2. The van der Waals surface area contributed by atoms with Crippen LogP contribution in [0, 0.1) is 5.92 Å². The predicted octanol–water partition coefficient (Wildman–Crippen LogP) is 3.30. The summed E-state index contributed by atoms with van der Waals surface area (Å²) in [6.45, 7) is 1.54. The molecule has 0 atom stereocenters. The molecule has 3 nitrogen and oxygen atoms in total. The number of benzene rings is 1. The van der Waals surface area contributed by atoms with Gasteiger partial charge in [0.1, 0.15) is 11.5 Å². The van der Waals surface area contributed by atoms with E-state index in [0.717, 1.165) is 31.2 Å². The van der Waals surface area contributed by atoms with E-state index in [2.05, 4.69) is 0 Å². The lowest BCUT2D eigenvalue weighted by Gasteiger charge is -2.20. The summed E-state index contributed by atoms with van der Waals surface area (Å²) < 4.78 is 5.49. The molecule has 0 spiro atoms. The summed E-state index contributed by atoms with van der Waals surface area (Å²) in [5.41, 5.74) is 0.791. The Labute approximate surface area is 114 Å². The molecule has 0 N–H and O–H groups in total. The van der Waals surface area contributed by atoms with Gasteiger partial charge in [0.25, 0.3) is 0 Å². The average molecular weight is 260 g/mol. The Morgan fingerprint density at radius 3 is 2.53 bits per heavy atom. The van der Waals surface area contributed by atoms with Crippen molar-refractivity contribution in [2.45, 2.75) is 45.4 Å². The van der Waals surface area contributed by atoms with Gasteiger partial charge in [0.2, 0.25) is 0 Å². The highest BCUT2D eigenvalue weighted by molar-refractivity contribution is 5.80. The zero-order valence-electron chi connectivity index (χ0n) is 11.4. The lowest BCUT2D eigenvalue weighted by Crippen LogP contribution is -2.23. The Morgan fingerprint density at radius 1 is 1.16 bits per heavy atom. The van der Waals surface area contributed by atoms with Gasteiger partial charge in [-0.05, 0) is 25.8 Å². The molecule has 1 aromatic rings. The third-order valence-electron chi connectivity index (χ3n) is 3.56. The molecule has 1 aromatic carbocycles. The van der Waals surface area contributed by atoms with Crippen molar-refractivity contribution in [3.05, 3.63) is 29.8 Å². The molecule has 1 aliphatic carbocycles. The van der Waals surface area contributed by atoms with Gasteiger partial charge in [-0.3, -0.25) is 9.59 Å². The van der Waals surface area contributed by atoms with Crippen molar-refractivity contribution < 1.29 is 14.3 Å². The van der Waals surface area contributed by atoms with Crippen LogP contribution in [0.25, 0.3) is 0 Å². The van der Waals surface area contributed by atoms with Gasteiger partial charge >= 0.3 is 5.97 Å². The van der Waals surface area contributed by atoms with E-state index in [1.807, 2.05) is 18.2 Å². The van der Waals surface area contributed by atoms with Crippen molar-refractivity contribution in [2.24, 2.45) is 5.92 Å². The van der Waals surface area contributed by atoms with Crippen molar-refractivity contribution in [2.75, 3.05) is 0 Å². The number of rotatable bonds is 4. The van der Waals surface area contributed by atoms with E-state index in [4.69, 9.17) is 4.74 Å². The van der Waals surface area contributed by atoms with E-state index in [0.29, 0.717) is 12.2 Å². The van der Waals surface area contributed by atoms with Crippen LogP contribution in [0.4, 0.5) is 0 Å². The fraction of sp³-hybridized carbons (Fsp3) is 0.500. The quantitative estimate of drug-likeness (QED) is 0.616.